The fourth-order valence-electron chi connectivity index (χ4n) is 4.03. The van der Waals surface area contributed by atoms with Gasteiger partial charge in [-0.1, -0.05) is 72.0 Å². The molecular formula is C26H17ClFN3O3S2. The van der Waals surface area contributed by atoms with Gasteiger partial charge >= 0.3 is 0 Å². The van der Waals surface area contributed by atoms with Crippen LogP contribution >= 0.6 is 35.6 Å². The predicted molar refractivity (Wildman–Crippen MR) is 143 cm³/mol. The van der Waals surface area contributed by atoms with Gasteiger partial charge < -0.3 is 5.32 Å². The van der Waals surface area contributed by atoms with Crippen LogP contribution in [0.2, 0.25) is 5.02 Å². The number of para-hydroxylation sites is 1. The maximum atomic E-state index is 13.5. The van der Waals surface area contributed by atoms with E-state index in [1.165, 1.54) is 21.9 Å². The van der Waals surface area contributed by atoms with Crippen molar-refractivity contribution in [1.29, 1.82) is 0 Å². The fraction of sp³-hybridized carbons (Fsp3) is 0.0769. The fourth-order valence-corrected chi connectivity index (χ4v) is 5.54. The molecule has 1 saturated heterocycles. The molecule has 1 fully saturated rings. The van der Waals surface area contributed by atoms with Crippen molar-refractivity contribution in [3.63, 3.8) is 0 Å². The molecular weight excluding hydrogens is 521 g/mol. The van der Waals surface area contributed by atoms with Crippen molar-refractivity contribution < 1.29 is 18.8 Å². The SMILES string of the molecule is O=C(CN1C(=O)C(=C2SC(=S)N(Cc3ccc(F)cc3)C2=O)c2ccccc21)Nc1cccc(Cl)c1. The summed E-state index contributed by atoms with van der Waals surface area (Å²) >= 11 is 12.5. The summed E-state index contributed by atoms with van der Waals surface area (Å²) < 4.78 is 13.6. The summed E-state index contributed by atoms with van der Waals surface area (Å²) in [7, 11) is 0. The average Bonchev–Trinajstić information content (AvgIpc) is 3.28. The largest absolute Gasteiger partial charge is 0.324 e. The van der Waals surface area contributed by atoms with Gasteiger partial charge in [-0.3, -0.25) is 24.2 Å². The van der Waals surface area contributed by atoms with Crippen LogP contribution in [0, 0.1) is 5.82 Å². The summed E-state index contributed by atoms with van der Waals surface area (Å²) in [6, 6.07) is 19.5. The first-order valence-corrected chi connectivity index (χ1v) is 12.4. The van der Waals surface area contributed by atoms with Crippen molar-refractivity contribution in [3.05, 3.63) is 99.7 Å². The Hall–Kier alpha value is -3.53. The zero-order valence-corrected chi connectivity index (χ0v) is 20.9. The number of thiocarbonyl (C=S) groups is 1. The van der Waals surface area contributed by atoms with Crippen molar-refractivity contribution in [2.45, 2.75) is 6.54 Å². The number of carbonyl (C=O) groups is 3. The molecule has 2 aliphatic rings. The Morgan fingerprint density at radius 1 is 0.972 bits per heavy atom. The van der Waals surface area contributed by atoms with Crippen LogP contribution in [0.25, 0.3) is 5.57 Å². The van der Waals surface area contributed by atoms with Gasteiger partial charge in [0.2, 0.25) is 5.91 Å². The molecule has 36 heavy (non-hydrogen) atoms. The second kappa shape index (κ2) is 9.85. The molecule has 6 nitrogen and oxygen atoms in total. The summed E-state index contributed by atoms with van der Waals surface area (Å²) in [5, 5.41) is 3.21. The second-order valence-electron chi connectivity index (χ2n) is 8.06. The molecule has 0 unspecified atom stereocenters. The summed E-state index contributed by atoms with van der Waals surface area (Å²) in [6.07, 6.45) is 0. The van der Waals surface area contributed by atoms with Crippen molar-refractivity contribution >= 4 is 74.6 Å². The van der Waals surface area contributed by atoms with Crippen LogP contribution in [0.15, 0.2) is 77.7 Å². The van der Waals surface area contributed by atoms with Gasteiger partial charge in [-0.2, -0.15) is 0 Å². The summed E-state index contributed by atoms with van der Waals surface area (Å²) in [5.41, 5.74) is 2.51. The number of thioether (sulfide) groups is 1. The lowest BCUT2D eigenvalue weighted by Gasteiger charge is -2.17. The Morgan fingerprint density at radius 2 is 1.72 bits per heavy atom. The number of hydrogen-bond donors (Lipinski definition) is 1. The molecule has 1 N–H and O–H groups in total. The number of nitrogens with zero attached hydrogens (tertiary/aromatic N) is 2. The average molecular weight is 538 g/mol. The number of fused-ring (bicyclic) bond motifs is 1. The molecule has 180 valence electrons. The minimum Gasteiger partial charge on any atom is -0.324 e. The van der Waals surface area contributed by atoms with Crippen LogP contribution in [-0.2, 0) is 20.9 Å². The molecule has 5 rings (SSSR count). The number of carbonyl (C=O) groups excluding carboxylic acids is 3. The lowest BCUT2D eigenvalue weighted by molar-refractivity contribution is -0.122. The molecule has 2 heterocycles. The van der Waals surface area contributed by atoms with Crippen LogP contribution in [-0.4, -0.2) is 33.5 Å². The van der Waals surface area contributed by atoms with Crippen molar-refractivity contribution in [2.75, 3.05) is 16.8 Å². The maximum Gasteiger partial charge on any atom is 0.267 e. The molecule has 3 amide bonds. The number of rotatable bonds is 5. The molecule has 10 heteroatoms. The lowest BCUT2D eigenvalue weighted by Crippen LogP contribution is -2.35. The first-order chi connectivity index (χ1) is 17.3. The Labute approximate surface area is 220 Å². The molecule has 0 atom stereocenters. The van der Waals surface area contributed by atoms with E-state index in [9.17, 15) is 18.8 Å². The standard InChI is InChI=1S/C26H17ClFN3O3S2/c27-16-4-3-5-18(12-16)29-21(32)14-30-20-7-2-1-6-19(20)22(24(30)33)23-25(34)31(26(35)36-23)13-15-8-10-17(28)11-9-15/h1-12H,13-14H2,(H,29,32). The van der Waals surface area contributed by atoms with Crippen LogP contribution < -0.4 is 10.2 Å². The molecule has 0 spiro atoms. The lowest BCUT2D eigenvalue weighted by atomic mass is 10.1. The van der Waals surface area contributed by atoms with Crippen LogP contribution in [0.5, 0.6) is 0 Å². The Kier molecular flexibility index (Phi) is 6.61. The van der Waals surface area contributed by atoms with Gasteiger partial charge in [0.15, 0.2) is 0 Å². The van der Waals surface area contributed by atoms with E-state index in [1.807, 2.05) is 0 Å². The zero-order chi connectivity index (χ0) is 25.4. The number of halogens is 2. The predicted octanol–water partition coefficient (Wildman–Crippen LogP) is 5.24. The summed E-state index contributed by atoms with van der Waals surface area (Å²) in [6.45, 7) is -0.0922. The van der Waals surface area contributed by atoms with Gasteiger partial charge in [0, 0.05) is 16.3 Å². The van der Waals surface area contributed by atoms with Gasteiger partial charge in [0.1, 0.15) is 16.7 Å². The van der Waals surface area contributed by atoms with Crippen molar-refractivity contribution in [1.82, 2.24) is 4.90 Å². The van der Waals surface area contributed by atoms with Gasteiger partial charge in [-0.05, 0) is 42.0 Å². The van der Waals surface area contributed by atoms with Crippen LogP contribution in [0.4, 0.5) is 15.8 Å². The van der Waals surface area contributed by atoms with Crippen LogP contribution in [0.1, 0.15) is 11.1 Å². The monoisotopic (exact) mass is 537 g/mol. The third-order valence-electron chi connectivity index (χ3n) is 5.66. The summed E-state index contributed by atoms with van der Waals surface area (Å²) in [5.74, 6) is -1.65. The topological polar surface area (TPSA) is 69.7 Å². The Balaban J connectivity index is 1.42. The maximum absolute atomic E-state index is 13.5. The first-order valence-electron chi connectivity index (χ1n) is 10.8. The van der Waals surface area contributed by atoms with Gasteiger partial charge in [-0.15, -0.1) is 0 Å². The smallest absolute Gasteiger partial charge is 0.267 e. The highest BCUT2D eigenvalue weighted by Crippen LogP contribution is 2.44. The van der Waals surface area contributed by atoms with Gasteiger partial charge in [0.05, 0.1) is 22.7 Å². The Morgan fingerprint density at radius 3 is 2.47 bits per heavy atom. The molecule has 2 aliphatic heterocycles. The highest BCUT2D eigenvalue weighted by Gasteiger charge is 2.42. The molecule has 0 aromatic heterocycles. The number of amides is 3. The molecule has 3 aromatic rings. The van der Waals surface area contributed by atoms with Crippen LogP contribution in [0.3, 0.4) is 0 Å². The van der Waals surface area contributed by atoms with E-state index in [0.717, 1.165) is 11.8 Å². The van der Waals surface area contributed by atoms with E-state index >= 15 is 0 Å². The second-order valence-corrected chi connectivity index (χ2v) is 10.1. The summed E-state index contributed by atoms with van der Waals surface area (Å²) in [4.78, 5) is 42.6. The van der Waals surface area contributed by atoms with Gasteiger partial charge in [0.25, 0.3) is 11.8 Å². The molecule has 3 aromatic carbocycles. The number of benzene rings is 3. The molecule has 0 saturated carbocycles. The highest BCUT2D eigenvalue weighted by atomic mass is 35.5. The Bertz CT molecular complexity index is 1460. The minimum atomic E-state index is -0.459. The third-order valence-corrected chi connectivity index (χ3v) is 7.35. The van der Waals surface area contributed by atoms with Crippen molar-refractivity contribution in [3.8, 4) is 0 Å². The number of anilines is 2. The van der Waals surface area contributed by atoms with E-state index in [2.05, 4.69) is 5.32 Å². The molecule has 0 aliphatic carbocycles. The number of nitrogens with one attached hydrogen (secondary N) is 1. The van der Waals surface area contributed by atoms with Gasteiger partial charge in [-0.25, -0.2) is 4.39 Å². The van der Waals surface area contributed by atoms with E-state index in [1.54, 1.807) is 60.7 Å². The van der Waals surface area contributed by atoms with Crippen molar-refractivity contribution in [2.24, 2.45) is 0 Å². The van der Waals surface area contributed by atoms with E-state index in [0.29, 0.717) is 31.8 Å². The third kappa shape index (κ3) is 4.65. The number of hydrogen-bond acceptors (Lipinski definition) is 5. The zero-order valence-electron chi connectivity index (χ0n) is 18.5. The van der Waals surface area contributed by atoms with E-state index < -0.39 is 17.7 Å². The highest BCUT2D eigenvalue weighted by molar-refractivity contribution is 8.26. The molecule has 0 radical (unpaired) electrons. The van der Waals surface area contributed by atoms with E-state index in [4.69, 9.17) is 23.8 Å². The molecule has 0 bridgehead atoms. The first kappa shape index (κ1) is 24.2. The van der Waals surface area contributed by atoms with E-state index in [-0.39, 0.29) is 29.4 Å². The quantitative estimate of drug-likeness (QED) is 0.356. The normalized spacial score (nSPS) is 17.1. The minimum absolute atomic E-state index is 0.156.